The molecule has 8 heteroatoms. The van der Waals surface area contributed by atoms with Crippen LogP contribution in [-0.4, -0.2) is 33.6 Å². The molecule has 142 valence electrons. The van der Waals surface area contributed by atoms with E-state index < -0.39 is 24.2 Å². The number of carbonyl (C=O) groups is 1. The molecule has 3 rings (SSSR count). The highest BCUT2D eigenvalue weighted by Crippen LogP contribution is 2.42. The lowest BCUT2D eigenvalue weighted by molar-refractivity contribution is -0.297. The fourth-order valence-corrected chi connectivity index (χ4v) is 3.01. The average Bonchev–Trinajstić information content (AvgIpc) is 3.00. The Morgan fingerprint density at radius 1 is 1.26 bits per heavy atom. The van der Waals surface area contributed by atoms with Crippen molar-refractivity contribution in [2.75, 3.05) is 0 Å². The molecule has 0 spiro atoms. The second kappa shape index (κ2) is 6.98. The molecule has 0 fully saturated rings. The summed E-state index contributed by atoms with van der Waals surface area (Å²) in [5.74, 6) is -1.09. The van der Waals surface area contributed by atoms with Crippen LogP contribution in [0.3, 0.4) is 0 Å². The van der Waals surface area contributed by atoms with Gasteiger partial charge in [0.25, 0.3) is 11.6 Å². The Hall–Kier alpha value is -2.38. The Kier molecular flexibility index (Phi) is 5.01. The number of hydrogen-bond donors (Lipinski definition) is 1. The van der Waals surface area contributed by atoms with Crippen LogP contribution >= 0.6 is 11.6 Å². The summed E-state index contributed by atoms with van der Waals surface area (Å²) < 4.78 is 40.8. The van der Waals surface area contributed by atoms with Gasteiger partial charge >= 0.3 is 6.18 Å². The molecule has 1 unspecified atom stereocenters. The summed E-state index contributed by atoms with van der Waals surface area (Å²) in [5.41, 5.74) is -2.12. The zero-order valence-corrected chi connectivity index (χ0v) is 15.1. The lowest BCUT2D eigenvalue weighted by Crippen LogP contribution is -2.56. The maximum Gasteiger partial charge on any atom is 0.438 e. The third kappa shape index (κ3) is 3.57. The first-order valence-corrected chi connectivity index (χ1v) is 8.59. The zero-order chi connectivity index (χ0) is 19.8. The molecule has 0 radical (unpaired) electrons. The molecule has 4 nitrogen and oxygen atoms in total. The lowest BCUT2D eigenvalue weighted by atomic mass is 9.99. The first-order valence-electron chi connectivity index (χ1n) is 8.21. The van der Waals surface area contributed by atoms with E-state index in [1.807, 2.05) is 6.92 Å². The predicted molar refractivity (Wildman–Crippen MR) is 95.6 cm³/mol. The highest BCUT2D eigenvalue weighted by Gasteiger charge is 2.63. The van der Waals surface area contributed by atoms with Crippen LogP contribution in [-0.2, 0) is 6.42 Å². The van der Waals surface area contributed by atoms with Gasteiger partial charge in [-0.3, -0.25) is 4.79 Å². The van der Waals surface area contributed by atoms with Crippen LogP contribution in [0, 0.1) is 0 Å². The molecule has 0 saturated carbocycles. The number of rotatable bonds is 3. The van der Waals surface area contributed by atoms with E-state index in [0.29, 0.717) is 5.56 Å². The Morgan fingerprint density at radius 3 is 2.48 bits per heavy atom. The van der Waals surface area contributed by atoms with Gasteiger partial charge in [0.05, 0.1) is 12.1 Å². The molecule has 1 aliphatic heterocycles. The Balaban J connectivity index is 2.03. The van der Waals surface area contributed by atoms with E-state index in [1.165, 1.54) is 24.3 Å². The molecule has 2 aromatic rings. The number of nitrogens with zero attached hydrogens (tertiary/aromatic N) is 2. The number of amides is 1. The van der Waals surface area contributed by atoms with Crippen molar-refractivity contribution in [2.45, 2.75) is 31.7 Å². The van der Waals surface area contributed by atoms with Crippen LogP contribution in [0.15, 0.2) is 53.6 Å². The summed E-state index contributed by atoms with van der Waals surface area (Å²) in [6.07, 6.45) is -5.16. The van der Waals surface area contributed by atoms with Crippen LogP contribution in [0.1, 0.15) is 34.8 Å². The minimum absolute atomic E-state index is 0.0205. The molecular weight excluding hydrogens is 381 g/mol. The van der Waals surface area contributed by atoms with Crippen molar-refractivity contribution in [2.24, 2.45) is 5.10 Å². The second-order valence-corrected chi connectivity index (χ2v) is 6.65. The molecule has 1 aliphatic rings. The fraction of sp³-hybridized carbons (Fsp3) is 0.263. The van der Waals surface area contributed by atoms with Gasteiger partial charge in [-0.2, -0.15) is 23.3 Å². The summed E-state index contributed by atoms with van der Waals surface area (Å²) in [4.78, 5) is 12.6. The SMILES string of the molecule is CCc1ccc(C2=NN(C(=O)c3cccc(Cl)c3)C(O)(C(F)(F)F)C2)cc1. The molecule has 1 amide bonds. The molecule has 1 atom stereocenters. The number of hydrazone groups is 1. The number of carbonyl (C=O) groups excluding carboxylic acids is 1. The molecule has 0 aliphatic carbocycles. The quantitative estimate of drug-likeness (QED) is 0.835. The van der Waals surface area contributed by atoms with E-state index in [9.17, 15) is 23.1 Å². The van der Waals surface area contributed by atoms with E-state index in [-0.39, 0.29) is 21.3 Å². The number of hydrogen-bond acceptors (Lipinski definition) is 3. The highest BCUT2D eigenvalue weighted by molar-refractivity contribution is 6.31. The molecule has 0 aromatic heterocycles. The summed E-state index contributed by atoms with van der Waals surface area (Å²) in [7, 11) is 0. The van der Waals surface area contributed by atoms with Gasteiger partial charge in [0.15, 0.2) is 0 Å². The topological polar surface area (TPSA) is 52.9 Å². The first-order chi connectivity index (χ1) is 12.7. The van der Waals surface area contributed by atoms with E-state index >= 15 is 0 Å². The Labute approximate surface area is 158 Å². The number of benzene rings is 2. The van der Waals surface area contributed by atoms with Crippen molar-refractivity contribution >= 4 is 23.2 Å². The lowest BCUT2D eigenvalue weighted by Gasteiger charge is -2.32. The van der Waals surface area contributed by atoms with Crippen LogP contribution in [0.2, 0.25) is 5.02 Å². The van der Waals surface area contributed by atoms with E-state index in [0.717, 1.165) is 12.0 Å². The van der Waals surface area contributed by atoms with Gasteiger partial charge in [-0.15, -0.1) is 0 Å². The van der Waals surface area contributed by atoms with Crippen molar-refractivity contribution in [3.05, 3.63) is 70.2 Å². The van der Waals surface area contributed by atoms with Gasteiger partial charge in [0.2, 0.25) is 0 Å². The van der Waals surface area contributed by atoms with Crippen LogP contribution < -0.4 is 0 Å². The molecule has 27 heavy (non-hydrogen) atoms. The third-order valence-electron chi connectivity index (χ3n) is 4.40. The van der Waals surface area contributed by atoms with Crippen molar-refractivity contribution in [3.8, 4) is 0 Å². The third-order valence-corrected chi connectivity index (χ3v) is 4.63. The molecule has 1 N–H and O–H groups in total. The van der Waals surface area contributed by atoms with Gasteiger partial charge in [-0.1, -0.05) is 48.9 Å². The van der Waals surface area contributed by atoms with Gasteiger partial charge in [0.1, 0.15) is 0 Å². The van der Waals surface area contributed by atoms with Gasteiger partial charge in [-0.25, -0.2) is 0 Å². The summed E-state index contributed by atoms with van der Waals surface area (Å²) >= 11 is 5.82. The molecular formula is C19H16ClF3N2O2. The molecule has 2 aromatic carbocycles. The number of aryl methyl sites for hydroxylation is 1. The Morgan fingerprint density at radius 2 is 1.93 bits per heavy atom. The molecule has 0 bridgehead atoms. The van der Waals surface area contributed by atoms with E-state index in [1.54, 1.807) is 24.3 Å². The zero-order valence-electron chi connectivity index (χ0n) is 14.3. The van der Waals surface area contributed by atoms with Crippen molar-refractivity contribution in [1.82, 2.24) is 5.01 Å². The largest absolute Gasteiger partial charge is 0.438 e. The molecule has 1 heterocycles. The maximum atomic E-state index is 13.6. The minimum atomic E-state index is -5.09. The first kappa shape index (κ1) is 19.4. The van der Waals surface area contributed by atoms with Gasteiger partial charge < -0.3 is 5.11 Å². The van der Waals surface area contributed by atoms with Crippen LogP contribution in [0.5, 0.6) is 0 Å². The minimum Gasteiger partial charge on any atom is -0.362 e. The van der Waals surface area contributed by atoms with Gasteiger partial charge in [0, 0.05) is 10.6 Å². The number of aliphatic hydroxyl groups is 1. The normalized spacial score (nSPS) is 19.9. The van der Waals surface area contributed by atoms with Crippen LogP contribution in [0.4, 0.5) is 13.2 Å². The smallest absolute Gasteiger partial charge is 0.362 e. The van der Waals surface area contributed by atoms with Crippen molar-refractivity contribution < 1.29 is 23.1 Å². The van der Waals surface area contributed by atoms with E-state index in [4.69, 9.17) is 11.6 Å². The predicted octanol–water partition coefficient (Wildman–Crippen LogP) is 4.40. The number of alkyl halides is 3. The monoisotopic (exact) mass is 396 g/mol. The summed E-state index contributed by atoms with van der Waals surface area (Å²) in [5, 5.41) is 14.5. The highest BCUT2D eigenvalue weighted by atomic mass is 35.5. The van der Waals surface area contributed by atoms with Crippen LogP contribution in [0.25, 0.3) is 0 Å². The maximum absolute atomic E-state index is 13.6. The summed E-state index contributed by atoms with van der Waals surface area (Å²) in [6.45, 7) is 1.95. The Bertz CT molecular complexity index is 897. The van der Waals surface area contributed by atoms with E-state index in [2.05, 4.69) is 5.10 Å². The standard InChI is InChI=1S/C19H16ClF3N2O2/c1-2-12-6-8-13(9-7-12)16-11-18(27,19(21,22)23)25(24-16)17(26)14-4-3-5-15(20)10-14/h3-10,27H,2,11H2,1H3. The summed E-state index contributed by atoms with van der Waals surface area (Å²) in [6, 6.07) is 12.3. The fourth-order valence-electron chi connectivity index (χ4n) is 2.82. The van der Waals surface area contributed by atoms with Crippen molar-refractivity contribution in [3.63, 3.8) is 0 Å². The second-order valence-electron chi connectivity index (χ2n) is 6.22. The number of halogens is 4. The molecule has 0 saturated heterocycles. The average molecular weight is 397 g/mol. The van der Waals surface area contributed by atoms with Gasteiger partial charge in [-0.05, 0) is 35.7 Å². The van der Waals surface area contributed by atoms with Crippen molar-refractivity contribution in [1.29, 1.82) is 0 Å².